The van der Waals surface area contributed by atoms with E-state index in [2.05, 4.69) is 28.7 Å². The first kappa shape index (κ1) is 12.3. The van der Waals surface area contributed by atoms with Crippen molar-refractivity contribution < 1.29 is 0 Å². The zero-order valence-electron chi connectivity index (χ0n) is 11.0. The molecular formula is C13H22N4. The Morgan fingerprint density at radius 1 is 1.29 bits per heavy atom. The van der Waals surface area contributed by atoms with E-state index in [0.717, 1.165) is 30.4 Å². The Bertz CT molecular complexity index is 390. The van der Waals surface area contributed by atoms with Crippen molar-refractivity contribution in [2.75, 3.05) is 18.0 Å². The van der Waals surface area contributed by atoms with Crippen LogP contribution in [0.25, 0.3) is 0 Å². The topological polar surface area (TPSA) is 55.0 Å². The molecule has 1 fully saturated rings. The number of nitrogens with zero attached hydrogens (tertiary/aromatic N) is 3. The van der Waals surface area contributed by atoms with Gasteiger partial charge in [0.05, 0.1) is 5.69 Å². The maximum atomic E-state index is 5.65. The van der Waals surface area contributed by atoms with Crippen molar-refractivity contribution >= 4 is 5.95 Å². The highest BCUT2D eigenvalue weighted by atomic mass is 15.3. The molecule has 94 valence electrons. The van der Waals surface area contributed by atoms with Gasteiger partial charge in [-0.25, -0.2) is 9.97 Å². The summed E-state index contributed by atoms with van der Waals surface area (Å²) in [6, 6.07) is 1.96. The van der Waals surface area contributed by atoms with Crippen molar-refractivity contribution in [2.45, 2.75) is 40.2 Å². The van der Waals surface area contributed by atoms with Crippen LogP contribution in [0.5, 0.6) is 0 Å². The standard InChI is InChI=1S/C13H22N4/c1-10-8-11(9-14)16-12(15-10)17-6-4-13(2,3)5-7-17/h8H,4-7,9,14H2,1-3H3. The molecule has 0 atom stereocenters. The smallest absolute Gasteiger partial charge is 0.225 e. The van der Waals surface area contributed by atoms with Crippen molar-refractivity contribution in [2.24, 2.45) is 11.1 Å². The quantitative estimate of drug-likeness (QED) is 0.848. The van der Waals surface area contributed by atoms with Gasteiger partial charge in [0.2, 0.25) is 5.95 Å². The van der Waals surface area contributed by atoms with E-state index < -0.39 is 0 Å². The molecule has 2 rings (SSSR count). The van der Waals surface area contributed by atoms with Crippen molar-refractivity contribution in [3.63, 3.8) is 0 Å². The van der Waals surface area contributed by atoms with Crippen LogP contribution >= 0.6 is 0 Å². The Morgan fingerprint density at radius 3 is 2.53 bits per heavy atom. The predicted molar refractivity (Wildman–Crippen MR) is 69.9 cm³/mol. The van der Waals surface area contributed by atoms with Gasteiger partial charge in [-0.2, -0.15) is 0 Å². The van der Waals surface area contributed by atoms with E-state index in [1.807, 2.05) is 13.0 Å². The van der Waals surface area contributed by atoms with Gasteiger partial charge in [-0.15, -0.1) is 0 Å². The fourth-order valence-electron chi connectivity index (χ4n) is 2.17. The molecule has 0 unspecified atom stereocenters. The number of hydrogen-bond acceptors (Lipinski definition) is 4. The summed E-state index contributed by atoms with van der Waals surface area (Å²) in [5, 5.41) is 0. The molecule has 1 aliphatic rings. The average molecular weight is 234 g/mol. The summed E-state index contributed by atoms with van der Waals surface area (Å²) in [7, 11) is 0. The highest BCUT2D eigenvalue weighted by Gasteiger charge is 2.26. The number of aromatic nitrogens is 2. The maximum absolute atomic E-state index is 5.65. The molecule has 17 heavy (non-hydrogen) atoms. The minimum Gasteiger partial charge on any atom is -0.341 e. The van der Waals surface area contributed by atoms with Crippen LogP contribution in [0.2, 0.25) is 0 Å². The van der Waals surface area contributed by atoms with E-state index in [1.165, 1.54) is 12.8 Å². The number of piperidine rings is 1. The molecule has 1 aliphatic heterocycles. The minimum absolute atomic E-state index is 0.455. The molecule has 1 saturated heterocycles. The second kappa shape index (κ2) is 4.61. The van der Waals surface area contributed by atoms with Gasteiger partial charge < -0.3 is 10.6 Å². The van der Waals surface area contributed by atoms with Crippen molar-refractivity contribution in [3.8, 4) is 0 Å². The molecule has 0 aliphatic carbocycles. The number of hydrogen-bond donors (Lipinski definition) is 1. The third-order valence-corrected chi connectivity index (χ3v) is 3.50. The van der Waals surface area contributed by atoms with E-state index >= 15 is 0 Å². The third kappa shape index (κ3) is 2.94. The Hall–Kier alpha value is -1.16. The summed E-state index contributed by atoms with van der Waals surface area (Å²) in [5.41, 5.74) is 8.04. The van der Waals surface area contributed by atoms with Crippen LogP contribution in [0.3, 0.4) is 0 Å². The zero-order valence-corrected chi connectivity index (χ0v) is 11.0. The second-order valence-corrected chi connectivity index (χ2v) is 5.66. The van der Waals surface area contributed by atoms with Crippen LogP contribution in [0, 0.1) is 12.3 Å². The van der Waals surface area contributed by atoms with Crippen LogP contribution in [-0.2, 0) is 6.54 Å². The van der Waals surface area contributed by atoms with Crippen LogP contribution in [0.1, 0.15) is 38.1 Å². The Balaban J connectivity index is 2.15. The van der Waals surface area contributed by atoms with E-state index in [1.54, 1.807) is 0 Å². The van der Waals surface area contributed by atoms with E-state index in [0.29, 0.717) is 12.0 Å². The molecule has 0 amide bonds. The van der Waals surface area contributed by atoms with E-state index in [9.17, 15) is 0 Å². The highest BCUT2D eigenvalue weighted by Crippen LogP contribution is 2.31. The second-order valence-electron chi connectivity index (χ2n) is 5.66. The first-order chi connectivity index (χ1) is 8.00. The lowest BCUT2D eigenvalue weighted by Gasteiger charge is -2.37. The van der Waals surface area contributed by atoms with Crippen LogP contribution in [-0.4, -0.2) is 23.1 Å². The van der Waals surface area contributed by atoms with Crippen molar-refractivity contribution in [1.82, 2.24) is 9.97 Å². The minimum atomic E-state index is 0.455. The van der Waals surface area contributed by atoms with Crippen LogP contribution in [0.15, 0.2) is 6.07 Å². The summed E-state index contributed by atoms with van der Waals surface area (Å²) in [6.45, 7) is 9.22. The lowest BCUT2D eigenvalue weighted by atomic mass is 9.83. The molecule has 0 bridgehead atoms. The van der Waals surface area contributed by atoms with E-state index in [4.69, 9.17) is 5.73 Å². The van der Waals surface area contributed by atoms with Crippen molar-refractivity contribution in [3.05, 3.63) is 17.5 Å². The average Bonchev–Trinajstić information content (AvgIpc) is 2.28. The summed E-state index contributed by atoms with van der Waals surface area (Å²) in [5.74, 6) is 0.848. The number of anilines is 1. The molecule has 4 heteroatoms. The SMILES string of the molecule is Cc1cc(CN)nc(N2CCC(C)(C)CC2)n1. The summed E-state index contributed by atoms with van der Waals surface area (Å²) in [4.78, 5) is 11.3. The number of aryl methyl sites for hydroxylation is 1. The van der Waals surface area contributed by atoms with Crippen molar-refractivity contribution in [1.29, 1.82) is 0 Å². The molecule has 0 radical (unpaired) electrons. The molecule has 2 N–H and O–H groups in total. The Morgan fingerprint density at radius 2 is 1.94 bits per heavy atom. The van der Waals surface area contributed by atoms with Gasteiger partial charge in [0, 0.05) is 25.3 Å². The van der Waals surface area contributed by atoms with Gasteiger partial charge in [-0.05, 0) is 31.2 Å². The number of rotatable bonds is 2. The molecule has 2 heterocycles. The fraction of sp³-hybridized carbons (Fsp3) is 0.692. The van der Waals surface area contributed by atoms with Gasteiger partial charge in [0.15, 0.2) is 0 Å². The summed E-state index contributed by atoms with van der Waals surface area (Å²) in [6.07, 6.45) is 2.39. The van der Waals surface area contributed by atoms with Gasteiger partial charge >= 0.3 is 0 Å². The molecule has 0 spiro atoms. The highest BCUT2D eigenvalue weighted by molar-refractivity contribution is 5.33. The van der Waals surface area contributed by atoms with Gasteiger partial charge in [-0.3, -0.25) is 0 Å². The monoisotopic (exact) mass is 234 g/mol. The zero-order chi connectivity index (χ0) is 12.5. The predicted octanol–water partition coefficient (Wildman–Crippen LogP) is 1.87. The first-order valence-corrected chi connectivity index (χ1v) is 6.30. The third-order valence-electron chi connectivity index (χ3n) is 3.50. The van der Waals surface area contributed by atoms with Gasteiger partial charge in [-0.1, -0.05) is 13.8 Å². The first-order valence-electron chi connectivity index (χ1n) is 6.30. The van der Waals surface area contributed by atoms with Crippen LogP contribution in [0.4, 0.5) is 5.95 Å². The maximum Gasteiger partial charge on any atom is 0.225 e. The lowest BCUT2D eigenvalue weighted by molar-refractivity contribution is 0.278. The molecular weight excluding hydrogens is 212 g/mol. The Labute approximate surface area is 103 Å². The molecule has 0 saturated carbocycles. The Kier molecular flexibility index (Phi) is 3.33. The molecule has 0 aromatic carbocycles. The molecule has 4 nitrogen and oxygen atoms in total. The normalized spacial score (nSPS) is 19.4. The summed E-state index contributed by atoms with van der Waals surface area (Å²) >= 11 is 0. The molecule has 1 aromatic rings. The lowest BCUT2D eigenvalue weighted by Crippen LogP contribution is -2.38. The van der Waals surface area contributed by atoms with Gasteiger partial charge in [0.25, 0.3) is 0 Å². The largest absolute Gasteiger partial charge is 0.341 e. The molecule has 1 aromatic heterocycles. The van der Waals surface area contributed by atoms with Gasteiger partial charge in [0.1, 0.15) is 0 Å². The number of nitrogens with two attached hydrogens (primary N) is 1. The van der Waals surface area contributed by atoms with Crippen LogP contribution < -0.4 is 10.6 Å². The fourth-order valence-corrected chi connectivity index (χ4v) is 2.17. The van der Waals surface area contributed by atoms with E-state index in [-0.39, 0.29) is 0 Å². The summed E-state index contributed by atoms with van der Waals surface area (Å²) < 4.78 is 0.